The van der Waals surface area contributed by atoms with Crippen molar-refractivity contribution in [3.8, 4) is 0 Å². The van der Waals surface area contributed by atoms with E-state index in [-0.39, 0.29) is 5.78 Å². The number of carbonyl (C=O) groups is 1. The van der Waals surface area contributed by atoms with Crippen molar-refractivity contribution in [3.05, 3.63) is 12.3 Å². The zero-order valence-corrected chi connectivity index (χ0v) is 7.71. The first-order valence-electron chi connectivity index (χ1n) is 4.20. The van der Waals surface area contributed by atoms with Crippen LogP contribution in [0.1, 0.15) is 20.3 Å². The summed E-state index contributed by atoms with van der Waals surface area (Å²) in [7, 11) is 0. The largest absolute Gasteiger partial charge is 0.501 e. The molecule has 0 aromatic heterocycles. The van der Waals surface area contributed by atoms with Gasteiger partial charge in [-0.15, -0.1) is 0 Å². The standard InChI is InChI=1S/C9H16O3/c1-3-11-7-5-9(10)6-8-12-4-2/h5,7H,3-4,6,8H2,1-2H3/b7-5+/i5+1,6+1. The minimum absolute atomic E-state index is 0.0388. The van der Waals surface area contributed by atoms with E-state index < -0.39 is 0 Å². The summed E-state index contributed by atoms with van der Waals surface area (Å²) < 4.78 is 9.88. The van der Waals surface area contributed by atoms with Crippen molar-refractivity contribution in [1.82, 2.24) is 0 Å². The van der Waals surface area contributed by atoms with Crippen LogP contribution in [0, 0.1) is 0 Å². The second-order valence-electron chi connectivity index (χ2n) is 2.17. The van der Waals surface area contributed by atoms with Gasteiger partial charge in [-0.05, 0) is 13.8 Å². The molecule has 3 nitrogen and oxygen atoms in total. The molecule has 0 rings (SSSR count). The quantitative estimate of drug-likeness (QED) is 0.254. The Labute approximate surface area is 73.4 Å². The van der Waals surface area contributed by atoms with E-state index in [1.54, 1.807) is 0 Å². The van der Waals surface area contributed by atoms with Crippen LogP contribution >= 0.6 is 0 Å². The highest BCUT2D eigenvalue weighted by Crippen LogP contribution is 1.88. The molecule has 0 saturated heterocycles. The van der Waals surface area contributed by atoms with Crippen LogP contribution in [-0.2, 0) is 14.3 Å². The SMILES string of the molecule is CCO/C=[13CH]/C(=O)[13CH2]COCC. The molecule has 0 radical (unpaired) electrons. The summed E-state index contributed by atoms with van der Waals surface area (Å²) in [6, 6.07) is 0. The minimum atomic E-state index is 0.0388. The molecule has 0 amide bonds. The number of hydrogen-bond acceptors (Lipinski definition) is 3. The van der Waals surface area contributed by atoms with Crippen molar-refractivity contribution >= 4 is 5.78 Å². The fraction of sp³-hybridized carbons (Fsp3) is 0.667. The lowest BCUT2D eigenvalue weighted by molar-refractivity contribution is -0.115. The number of carbonyl (C=O) groups excluding carboxylic acids is 1. The van der Waals surface area contributed by atoms with E-state index in [0.29, 0.717) is 26.2 Å². The average Bonchev–Trinajstić information content (AvgIpc) is 2.06. The summed E-state index contributed by atoms with van der Waals surface area (Å²) in [5.74, 6) is 0.0388. The Morgan fingerprint density at radius 1 is 1.33 bits per heavy atom. The van der Waals surface area contributed by atoms with Gasteiger partial charge in [0.15, 0.2) is 5.78 Å². The smallest absolute Gasteiger partial charge is 0.161 e. The molecule has 0 bridgehead atoms. The van der Waals surface area contributed by atoms with Crippen LogP contribution < -0.4 is 0 Å². The van der Waals surface area contributed by atoms with E-state index in [1.807, 2.05) is 13.8 Å². The Bertz CT molecular complexity index is 141. The van der Waals surface area contributed by atoms with Crippen LogP contribution in [0.25, 0.3) is 0 Å². The van der Waals surface area contributed by atoms with Crippen LogP contribution in [0.3, 0.4) is 0 Å². The Kier molecular flexibility index (Phi) is 7.70. The minimum Gasteiger partial charge on any atom is -0.501 e. The molecule has 0 atom stereocenters. The van der Waals surface area contributed by atoms with Gasteiger partial charge in [-0.1, -0.05) is 0 Å². The third kappa shape index (κ3) is 7.28. The van der Waals surface area contributed by atoms with E-state index in [0.717, 1.165) is 0 Å². The molecule has 0 spiro atoms. The van der Waals surface area contributed by atoms with Gasteiger partial charge in [0.1, 0.15) is 0 Å². The molecular formula is C9H16O3. The number of ether oxygens (including phenoxy) is 2. The lowest BCUT2D eigenvalue weighted by Gasteiger charge is -1.96. The van der Waals surface area contributed by atoms with Crippen LogP contribution in [0.4, 0.5) is 0 Å². The summed E-state index contributed by atoms with van der Waals surface area (Å²) >= 11 is 0. The molecular weight excluding hydrogens is 158 g/mol. The van der Waals surface area contributed by atoms with Crippen molar-refractivity contribution in [2.24, 2.45) is 0 Å². The summed E-state index contributed by atoms with van der Waals surface area (Å²) in [5, 5.41) is 0. The molecule has 0 unspecified atom stereocenters. The van der Waals surface area contributed by atoms with E-state index in [2.05, 4.69) is 0 Å². The van der Waals surface area contributed by atoms with Gasteiger partial charge in [-0.3, -0.25) is 4.79 Å². The van der Waals surface area contributed by atoms with Gasteiger partial charge >= 0.3 is 0 Å². The normalized spacial score (nSPS) is 10.5. The molecule has 0 aliphatic carbocycles. The van der Waals surface area contributed by atoms with Gasteiger partial charge < -0.3 is 9.47 Å². The second-order valence-corrected chi connectivity index (χ2v) is 2.17. The summed E-state index contributed by atoms with van der Waals surface area (Å²) in [6.45, 7) is 5.51. The lowest BCUT2D eigenvalue weighted by atomic mass is 10.7. The number of rotatable bonds is 7. The number of allylic oxidation sites excluding steroid dienone is 1. The highest BCUT2D eigenvalue weighted by molar-refractivity contribution is 5.89. The van der Waals surface area contributed by atoms with Crippen LogP contribution in [0.15, 0.2) is 12.3 Å². The van der Waals surface area contributed by atoms with Gasteiger partial charge in [-0.2, -0.15) is 0 Å². The molecule has 0 N–H and O–H groups in total. The first-order chi connectivity index (χ1) is 5.81. The van der Waals surface area contributed by atoms with E-state index in [9.17, 15) is 4.79 Å². The van der Waals surface area contributed by atoms with Crippen LogP contribution in [-0.4, -0.2) is 25.6 Å². The van der Waals surface area contributed by atoms with Gasteiger partial charge in [0.05, 0.1) is 19.5 Å². The van der Waals surface area contributed by atoms with Crippen LogP contribution in [0.2, 0.25) is 0 Å². The average molecular weight is 174 g/mol. The summed E-state index contributed by atoms with van der Waals surface area (Å²) in [5.41, 5.74) is 0. The van der Waals surface area contributed by atoms with E-state index in [1.165, 1.54) is 12.3 Å². The zero-order valence-electron chi connectivity index (χ0n) is 7.71. The Morgan fingerprint density at radius 2 is 2.08 bits per heavy atom. The highest BCUT2D eigenvalue weighted by Gasteiger charge is 1.94. The van der Waals surface area contributed by atoms with E-state index >= 15 is 0 Å². The fourth-order valence-corrected chi connectivity index (χ4v) is 0.621. The maximum atomic E-state index is 10.9. The molecule has 0 heterocycles. The predicted molar refractivity (Wildman–Crippen MR) is 46.9 cm³/mol. The van der Waals surface area contributed by atoms with Crippen molar-refractivity contribution < 1.29 is 14.3 Å². The molecule has 12 heavy (non-hydrogen) atoms. The first kappa shape index (κ1) is 11.2. The lowest BCUT2D eigenvalue weighted by Crippen LogP contribution is -2.01. The molecule has 70 valence electrons. The monoisotopic (exact) mass is 174 g/mol. The van der Waals surface area contributed by atoms with E-state index in [4.69, 9.17) is 9.47 Å². The summed E-state index contributed by atoms with van der Waals surface area (Å²) in [4.78, 5) is 10.9. The van der Waals surface area contributed by atoms with Crippen molar-refractivity contribution in [1.29, 1.82) is 0 Å². The predicted octanol–water partition coefficient (Wildman–Crippen LogP) is 1.53. The summed E-state index contributed by atoms with van der Waals surface area (Å²) in [6.07, 6.45) is 3.29. The van der Waals surface area contributed by atoms with Gasteiger partial charge in [0, 0.05) is 19.1 Å². The van der Waals surface area contributed by atoms with Crippen LogP contribution in [0.5, 0.6) is 0 Å². The third-order valence-electron chi connectivity index (χ3n) is 1.21. The highest BCUT2D eigenvalue weighted by atomic mass is 16.5. The van der Waals surface area contributed by atoms with Crippen molar-refractivity contribution in [2.45, 2.75) is 20.3 Å². The van der Waals surface area contributed by atoms with Gasteiger partial charge in [-0.25, -0.2) is 0 Å². The third-order valence-corrected chi connectivity index (χ3v) is 1.21. The van der Waals surface area contributed by atoms with Crippen molar-refractivity contribution in [3.63, 3.8) is 0 Å². The topological polar surface area (TPSA) is 35.5 Å². The molecule has 0 fully saturated rings. The molecule has 3 heteroatoms. The second kappa shape index (κ2) is 8.27. The molecule has 0 saturated carbocycles. The molecule has 0 aliphatic heterocycles. The zero-order chi connectivity index (χ0) is 9.23. The molecule has 0 aromatic rings. The molecule has 0 aliphatic rings. The fourth-order valence-electron chi connectivity index (χ4n) is 0.621. The number of hydrogen-bond donors (Lipinski definition) is 0. The van der Waals surface area contributed by atoms with Gasteiger partial charge in [0.25, 0.3) is 0 Å². The Morgan fingerprint density at radius 3 is 2.67 bits per heavy atom. The van der Waals surface area contributed by atoms with Crippen molar-refractivity contribution in [2.75, 3.05) is 19.8 Å². The first-order valence-corrected chi connectivity index (χ1v) is 4.20. The number of ketones is 1. The van der Waals surface area contributed by atoms with Gasteiger partial charge in [0.2, 0.25) is 0 Å². The Balaban J connectivity index is 3.33. The maximum Gasteiger partial charge on any atom is 0.161 e. The molecule has 0 aromatic carbocycles. The Hall–Kier alpha value is -0.830. The maximum absolute atomic E-state index is 10.9.